The zero-order chi connectivity index (χ0) is 19.2. The van der Waals surface area contributed by atoms with Gasteiger partial charge in [0.15, 0.2) is 0 Å². The Labute approximate surface area is 160 Å². The molecule has 0 aliphatic carbocycles. The van der Waals surface area contributed by atoms with Gasteiger partial charge in [-0.1, -0.05) is 62.4 Å². The van der Waals surface area contributed by atoms with Gasteiger partial charge in [-0.25, -0.2) is 4.79 Å². The zero-order valence-electron chi connectivity index (χ0n) is 16.0. The van der Waals surface area contributed by atoms with Crippen LogP contribution in [0.2, 0.25) is 0 Å². The molecule has 0 spiro atoms. The van der Waals surface area contributed by atoms with Gasteiger partial charge in [-0.2, -0.15) is 0 Å². The fourth-order valence-electron chi connectivity index (χ4n) is 3.51. The fraction of sp³-hybridized carbons (Fsp3) is 0.292. The van der Waals surface area contributed by atoms with E-state index in [-0.39, 0.29) is 5.75 Å². The third kappa shape index (κ3) is 4.48. The quantitative estimate of drug-likeness (QED) is 0.654. The Morgan fingerprint density at radius 3 is 1.96 bits per heavy atom. The van der Waals surface area contributed by atoms with Crippen LogP contribution in [0.4, 0.5) is 0 Å². The predicted octanol–water partition coefficient (Wildman–Crippen LogP) is 4.85. The zero-order valence-corrected chi connectivity index (χ0v) is 16.0. The highest BCUT2D eigenvalue weighted by Crippen LogP contribution is 2.22. The first kappa shape index (κ1) is 19.0. The summed E-state index contributed by atoms with van der Waals surface area (Å²) in [6.45, 7) is 4.21. The van der Waals surface area contributed by atoms with Crippen molar-refractivity contribution < 1.29 is 9.52 Å². The molecular weight excluding hydrogens is 336 g/mol. The Kier molecular flexibility index (Phi) is 6.12. The van der Waals surface area contributed by atoms with Crippen LogP contribution in [-0.2, 0) is 32.1 Å². The molecule has 1 aromatic heterocycles. The molecule has 3 heteroatoms. The predicted molar refractivity (Wildman–Crippen MR) is 108 cm³/mol. The lowest BCUT2D eigenvalue weighted by Crippen LogP contribution is -2.11. The second-order valence-electron chi connectivity index (χ2n) is 6.79. The molecule has 3 aromatic rings. The number of rotatable bonds is 7. The van der Waals surface area contributed by atoms with E-state index in [9.17, 15) is 9.90 Å². The number of aryl methyl sites for hydroxylation is 4. The highest BCUT2D eigenvalue weighted by atomic mass is 16.4. The Balaban J connectivity index is 1.80. The number of hydrogen-bond acceptors (Lipinski definition) is 3. The lowest BCUT2D eigenvalue weighted by Gasteiger charge is -2.10. The SMILES string of the molecule is CCc1ccccc1CCc1cc(O)c(Cc2ccccc2CC)c(=O)o1. The van der Waals surface area contributed by atoms with Gasteiger partial charge >= 0.3 is 5.63 Å². The lowest BCUT2D eigenvalue weighted by atomic mass is 9.98. The van der Waals surface area contributed by atoms with Crippen molar-refractivity contribution in [2.24, 2.45) is 0 Å². The summed E-state index contributed by atoms with van der Waals surface area (Å²) in [6, 6.07) is 17.9. The van der Waals surface area contributed by atoms with Gasteiger partial charge in [0.05, 0.1) is 5.56 Å². The van der Waals surface area contributed by atoms with Gasteiger partial charge in [0.25, 0.3) is 0 Å². The molecule has 0 saturated heterocycles. The first-order chi connectivity index (χ1) is 13.1. The van der Waals surface area contributed by atoms with Crippen molar-refractivity contribution >= 4 is 0 Å². The molecule has 0 saturated carbocycles. The summed E-state index contributed by atoms with van der Waals surface area (Å²) in [5, 5.41) is 10.4. The van der Waals surface area contributed by atoms with E-state index in [1.54, 1.807) is 6.07 Å². The van der Waals surface area contributed by atoms with Gasteiger partial charge in [-0.05, 0) is 41.5 Å². The van der Waals surface area contributed by atoms with Gasteiger partial charge in [-0.15, -0.1) is 0 Å². The summed E-state index contributed by atoms with van der Waals surface area (Å²) in [6.07, 6.45) is 3.62. The molecule has 0 amide bonds. The van der Waals surface area contributed by atoms with Crippen LogP contribution in [0.5, 0.6) is 5.75 Å². The molecule has 3 nitrogen and oxygen atoms in total. The third-order valence-corrected chi connectivity index (χ3v) is 5.08. The number of benzene rings is 2. The molecule has 1 N–H and O–H groups in total. The van der Waals surface area contributed by atoms with Crippen LogP contribution in [0.25, 0.3) is 0 Å². The van der Waals surface area contributed by atoms with Crippen molar-refractivity contribution in [1.29, 1.82) is 0 Å². The summed E-state index contributed by atoms with van der Waals surface area (Å²) < 4.78 is 5.51. The molecule has 0 bridgehead atoms. The molecule has 27 heavy (non-hydrogen) atoms. The van der Waals surface area contributed by atoms with Crippen LogP contribution in [-0.4, -0.2) is 5.11 Å². The molecule has 3 rings (SSSR count). The van der Waals surface area contributed by atoms with E-state index in [1.807, 2.05) is 36.4 Å². The summed E-state index contributed by atoms with van der Waals surface area (Å²) in [7, 11) is 0. The molecule has 1 heterocycles. The first-order valence-corrected chi connectivity index (χ1v) is 9.60. The van der Waals surface area contributed by atoms with Gasteiger partial charge in [0, 0.05) is 18.9 Å². The second kappa shape index (κ2) is 8.72. The van der Waals surface area contributed by atoms with Crippen molar-refractivity contribution in [2.45, 2.75) is 46.0 Å². The molecule has 0 aliphatic heterocycles. The summed E-state index contributed by atoms with van der Waals surface area (Å²) in [4.78, 5) is 12.5. The van der Waals surface area contributed by atoms with Crippen LogP contribution >= 0.6 is 0 Å². The Morgan fingerprint density at radius 1 is 0.815 bits per heavy atom. The van der Waals surface area contributed by atoms with E-state index in [1.165, 1.54) is 16.7 Å². The monoisotopic (exact) mass is 362 g/mol. The minimum atomic E-state index is -0.445. The molecule has 0 atom stereocenters. The van der Waals surface area contributed by atoms with Gasteiger partial charge in [0.1, 0.15) is 11.5 Å². The Morgan fingerprint density at radius 2 is 1.37 bits per heavy atom. The van der Waals surface area contributed by atoms with Crippen LogP contribution in [0.3, 0.4) is 0 Å². The first-order valence-electron chi connectivity index (χ1n) is 9.60. The minimum Gasteiger partial charge on any atom is -0.507 e. The second-order valence-corrected chi connectivity index (χ2v) is 6.79. The largest absolute Gasteiger partial charge is 0.507 e. The molecular formula is C24H26O3. The number of hydrogen-bond donors (Lipinski definition) is 1. The minimum absolute atomic E-state index is 0.0240. The average molecular weight is 362 g/mol. The lowest BCUT2D eigenvalue weighted by molar-refractivity contribution is 0.414. The smallest absolute Gasteiger partial charge is 0.343 e. The maximum absolute atomic E-state index is 12.5. The maximum atomic E-state index is 12.5. The Hall–Kier alpha value is -2.81. The topological polar surface area (TPSA) is 50.4 Å². The van der Waals surface area contributed by atoms with E-state index in [0.29, 0.717) is 24.2 Å². The highest BCUT2D eigenvalue weighted by molar-refractivity contribution is 5.38. The van der Waals surface area contributed by atoms with Gasteiger partial charge in [0.2, 0.25) is 0 Å². The third-order valence-electron chi connectivity index (χ3n) is 5.08. The van der Waals surface area contributed by atoms with Gasteiger partial charge < -0.3 is 9.52 Å². The van der Waals surface area contributed by atoms with E-state index in [2.05, 4.69) is 26.0 Å². The van der Waals surface area contributed by atoms with E-state index < -0.39 is 5.63 Å². The molecule has 0 fully saturated rings. The summed E-state index contributed by atoms with van der Waals surface area (Å²) >= 11 is 0. The van der Waals surface area contributed by atoms with E-state index in [0.717, 1.165) is 24.8 Å². The van der Waals surface area contributed by atoms with Crippen molar-refractivity contribution in [3.8, 4) is 5.75 Å². The van der Waals surface area contributed by atoms with Crippen molar-refractivity contribution in [1.82, 2.24) is 0 Å². The van der Waals surface area contributed by atoms with Crippen molar-refractivity contribution in [3.05, 3.63) is 98.6 Å². The van der Waals surface area contributed by atoms with E-state index in [4.69, 9.17) is 4.42 Å². The van der Waals surface area contributed by atoms with E-state index >= 15 is 0 Å². The molecule has 0 aliphatic rings. The normalized spacial score (nSPS) is 10.9. The number of aromatic hydroxyl groups is 1. The van der Waals surface area contributed by atoms with Crippen LogP contribution in [0.15, 0.2) is 63.8 Å². The molecule has 0 unspecified atom stereocenters. The maximum Gasteiger partial charge on any atom is 0.343 e. The molecule has 2 aromatic carbocycles. The average Bonchev–Trinajstić information content (AvgIpc) is 2.69. The molecule has 0 radical (unpaired) electrons. The van der Waals surface area contributed by atoms with Crippen LogP contribution < -0.4 is 5.63 Å². The standard InChI is InChI=1S/C24H26O3/c1-3-17-9-5-7-11-19(17)13-14-21-16-23(25)22(24(26)27-21)15-20-12-8-6-10-18(20)4-2/h5-12,16,25H,3-4,13-15H2,1-2H3. The van der Waals surface area contributed by atoms with Crippen LogP contribution in [0.1, 0.15) is 47.4 Å². The highest BCUT2D eigenvalue weighted by Gasteiger charge is 2.14. The van der Waals surface area contributed by atoms with Crippen molar-refractivity contribution in [3.63, 3.8) is 0 Å². The summed E-state index contributed by atoms with van der Waals surface area (Å²) in [5.74, 6) is 0.548. The molecule has 140 valence electrons. The fourth-order valence-corrected chi connectivity index (χ4v) is 3.51. The summed E-state index contributed by atoms with van der Waals surface area (Å²) in [5.41, 5.74) is 4.66. The van der Waals surface area contributed by atoms with Crippen molar-refractivity contribution in [2.75, 3.05) is 0 Å². The van der Waals surface area contributed by atoms with Gasteiger partial charge in [-0.3, -0.25) is 0 Å². The van der Waals surface area contributed by atoms with Crippen LogP contribution in [0, 0.1) is 0 Å². The Bertz CT molecular complexity index is 969.